The van der Waals surface area contributed by atoms with Crippen molar-refractivity contribution in [2.45, 2.75) is 92.9 Å². The monoisotopic (exact) mass is 523 g/mol. The second-order valence-electron chi connectivity index (χ2n) is 14.3. The average Bonchev–Trinajstić information content (AvgIpc) is 2.71. The van der Waals surface area contributed by atoms with Gasteiger partial charge in [0.25, 0.3) is 0 Å². The third-order valence-corrected chi connectivity index (χ3v) is 12.6. The van der Waals surface area contributed by atoms with Crippen LogP contribution >= 0.6 is 0 Å². The molecule has 34 heavy (non-hydrogen) atoms. The summed E-state index contributed by atoms with van der Waals surface area (Å²) in [5.74, 6) is 3.39. The third kappa shape index (κ3) is 3.28. The van der Waals surface area contributed by atoms with E-state index in [1.165, 1.54) is 61.7 Å². The van der Waals surface area contributed by atoms with Crippen LogP contribution in [0.5, 0.6) is 0 Å². The van der Waals surface area contributed by atoms with Gasteiger partial charge in [-0.3, -0.25) is 0 Å². The second kappa shape index (κ2) is 7.86. The van der Waals surface area contributed by atoms with Crippen molar-refractivity contribution in [1.29, 1.82) is 0 Å². The summed E-state index contributed by atoms with van der Waals surface area (Å²) < 4.78 is 1.14. The van der Waals surface area contributed by atoms with Crippen LogP contribution in [-0.4, -0.2) is 16.0 Å². The fourth-order valence-corrected chi connectivity index (χ4v) is 11.3. The van der Waals surface area contributed by atoms with Crippen LogP contribution in [-0.2, 0) is 0 Å². The minimum atomic E-state index is 0.157. The molecule has 0 amide bonds. The predicted octanol–water partition coefficient (Wildman–Crippen LogP) is 8.97. The molecule has 0 heterocycles. The standard InChI is InChI=1S/C33H47Se/c1-20(2)23-10-14-31(7)15-11-26-24(27(31)19-23)18-21(3)29-32(26,8)17-13-28-30(5,6)25(22(4)34)12-16-33(28,29)9/h12,18,23,26-29H,1,3-4,10-11,13-17,19H2,2,5-9H3. The Morgan fingerprint density at radius 2 is 1.62 bits per heavy atom. The number of hydrogen-bond acceptors (Lipinski definition) is 0. The van der Waals surface area contributed by atoms with Gasteiger partial charge in [-0.2, -0.15) is 0 Å². The molecule has 8 unspecified atom stereocenters. The van der Waals surface area contributed by atoms with Gasteiger partial charge < -0.3 is 0 Å². The normalized spacial score (nSPS) is 47.2. The van der Waals surface area contributed by atoms with Crippen molar-refractivity contribution in [1.82, 2.24) is 0 Å². The molecule has 1 radical (unpaired) electrons. The van der Waals surface area contributed by atoms with Gasteiger partial charge in [-0.15, -0.1) is 0 Å². The molecule has 0 bridgehead atoms. The maximum absolute atomic E-state index is 4.85. The van der Waals surface area contributed by atoms with Gasteiger partial charge in [0.15, 0.2) is 0 Å². The molecule has 0 saturated heterocycles. The molecule has 0 spiro atoms. The van der Waals surface area contributed by atoms with Gasteiger partial charge in [0.2, 0.25) is 0 Å². The van der Waals surface area contributed by atoms with Gasteiger partial charge in [0.05, 0.1) is 0 Å². The van der Waals surface area contributed by atoms with E-state index in [9.17, 15) is 0 Å². The first kappa shape index (κ1) is 24.9. The van der Waals surface area contributed by atoms with E-state index >= 15 is 0 Å². The van der Waals surface area contributed by atoms with Gasteiger partial charge in [-0.05, 0) is 13.3 Å². The van der Waals surface area contributed by atoms with Crippen LogP contribution in [0.25, 0.3) is 0 Å². The number of allylic oxidation sites excluding steroid dienone is 7. The summed E-state index contributed by atoms with van der Waals surface area (Å²) in [7, 11) is 0. The zero-order chi connectivity index (χ0) is 24.8. The van der Waals surface area contributed by atoms with Crippen LogP contribution in [0.15, 0.2) is 58.7 Å². The fraction of sp³-hybridized carbons (Fsp3) is 0.697. The average molecular weight is 523 g/mol. The minimum absolute atomic E-state index is 0.157. The molecule has 0 aromatic rings. The summed E-state index contributed by atoms with van der Waals surface area (Å²) in [6.45, 7) is 28.6. The molecule has 185 valence electrons. The Bertz CT molecular complexity index is 1010. The first-order chi connectivity index (χ1) is 15.8. The predicted molar refractivity (Wildman–Crippen MR) is 148 cm³/mol. The molecule has 5 aliphatic rings. The zero-order valence-corrected chi connectivity index (χ0v) is 24.4. The van der Waals surface area contributed by atoms with Crippen molar-refractivity contribution < 1.29 is 0 Å². The summed E-state index contributed by atoms with van der Waals surface area (Å²) in [4.78, 5) is 0. The summed E-state index contributed by atoms with van der Waals surface area (Å²) in [6, 6.07) is 0. The Balaban J connectivity index is 1.58. The first-order valence-corrected chi connectivity index (χ1v) is 14.7. The Labute approximate surface area is 218 Å². The maximum atomic E-state index is 4.85. The van der Waals surface area contributed by atoms with Crippen molar-refractivity contribution in [2.75, 3.05) is 0 Å². The molecule has 0 aromatic heterocycles. The Morgan fingerprint density at radius 1 is 0.941 bits per heavy atom. The molecule has 0 N–H and O–H groups in total. The van der Waals surface area contributed by atoms with Crippen molar-refractivity contribution in [3.8, 4) is 0 Å². The Kier molecular flexibility index (Phi) is 5.75. The van der Waals surface area contributed by atoms with Gasteiger partial charge in [-0.1, -0.05) is 12.2 Å². The summed E-state index contributed by atoms with van der Waals surface area (Å²) in [5.41, 5.74) is 7.32. The molecule has 0 aromatic carbocycles. The van der Waals surface area contributed by atoms with Crippen molar-refractivity contribution in [3.05, 3.63) is 58.7 Å². The van der Waals surface area contributed by atoms with Crippen LogP contribution in [0.3, 0.4) is 0 Å². The van der Waals surface area contributed by atoms with Gasteiger partial charge in [-0.25, -0.2) is 0 Å². The van der Waals surface area contributed by atoms with Gasteiger partial charge in [0, 0.05) is 0 Å². The quantitative estimate of drug-likeness (QED) is 0.251. The summed E-state index contributed by atoms with van der Waals surface area (Å²) in [5, 5.41) is 0. The second-order valence-corrected chi connectivity index (χ2v) is 15.4. The Morgan fingerprint density at radius 3 is 2.26 bits per heavy atom. The molecule has 0 nitrogen and oxygen atoms in total. The molecule has 1 heteroatoms. The summed E-state index contributed by atoms with van der Waals surface area (Å²) in [6.07, 6.45) is 15.8. The fourth-order valence-electron chi connectivity index (χ4n) is 10.5. The van der Waals surface area contributed by atoms with Crippen molar-refractivity contribution in [2.24, 2.45) is 51.2 Å². The van der Waals surface area contributed by atoms with E-state index in [0.717, 1.165) is 22.7 Å². The first-order valence-electron chi connectivity index (χ1n) is 13.9. The van der Waals surface area contributed by atoms with Crippen LogP contribution in [0.2, 0.25) is 0 Å². The van der Waals surface area contributed by atoms with E-state index in [1.807, 2.05) is 0 Å². The SMILES string of the molecule is C=C([Se])C1=CCC2(C)C(CCC3(C)C4CCC5(C)CCC(C(=C)C)CC5C4=CC(=C)C32)C1(C)C. The molecule has 5 rings (SSSR count). The molecule has 0 aliphatic heterocycles. The van der Waals surface area contributed by atoms with Gasteiger partial charge in [0.1, 0.15) is 0 Å². The van der Waals surface area contributed by atoms with E-state index in [4.69, 9.17) is 6.58 Å². The number of rotatable bonds is 2. The van der Waals surface area contributed by atoms with E-state index in [0.29, 0.717) is 28.6 Å². The van der Waals surface area contributed by atoms with E-state index in [1.54, 1.807) is 5.57 Å². The van der Waals surface area contributed by atoms with Crippen molar-refractivity contribution >= 4 is 16.0 Å². The van der Waals surface area contributed by atoms with E-state index in [-0.39, 0.29) is 10.8 Å². The van der Waals surface area contributed by atoms with Gasteiger partial charge >= 0.3 is 193 Å². The molecule has 5 aliphatic carbocycles. The number of hydrogen-bond donors (Lipinski definition) is 0. The van der Waals surface area contributed by atoms with Crippen LogP contribution in [0.4, 0.5) is 0 Å². The molecule has 8 atom stereocenters. The molecular weight excluding hydrogens is 475 g/mol. The topological polar surface area (TPSA) is 0 Å². The molecule has 3 fully saturated rings. The zero-order valence-electron chi connectivity index (χ0n) is 22.7. The summed E-state index contributed by atoms with van der Waals surface area (Å²) >= 11 is 3.23. The molecule has 3 saturated carbocycles. The van der Waals surface area contributed by atoms with Crippen LogP contribution in [0.1, 0.15) is 92.9 Å². The van der Waals surface area contributed by atoms with E-state index in [2.05, 4.69) is 82.9 Å². The Hall–Kier alpha value is -0.781. The number of fused-ring (bicyclic) bond motifs is 7. The third-order valence-electron chi connectivity index (χ3n) is 12.1. The van der Waals surface area contributed by atoms with Crippen LogP contribution in [0, 0.1) is 51.2 Å². The van der Waals surface area contributed by atoms with E-state index < -0.39 is 0 Å². The van der Waals surface area contributed by atoms with Crippen molar-refractivity contribution in [3.63, 3.8) is 0 Å². The molecular formula is C33H47Se. The van der Waals surface area contributed by atoms with Crippen LogP contribution < -0.4 is 0 Å².